The maximum atomic E-state index is 4.83. The Morgan fingerprint density at radius 3 is 2.28 bits per heavy atom. The van der Waals surface area contributed by atoms with Crippen molar-refractivity contribution in [3.05, 3.63) is 60.3 Å². The van der Waals surface area contributed by atoms with Gasteiger partial charge in [-0.15, -0.1) is 0 Å². The average molecular weight is 332 g/mol. The first kappa shape index (κ1) is 15.9. The van der Waals surface area contributed by atoms with Gasteiger partial charge in [0, 0.05) is 30.4 Å². The first-order chi connectivity index (χ1) is 11.8. The number of aromatic nitrogens is 4. The first-order valence-corrected chi connectivity index (χ1v) is 8.79. The molecular weight excluding hydrogens is 308 g/mol. The molecule has 0 aromatic carbocycles. The summed E-state index contributed by atoms with van der Waals surface area (Å²) in [5.74, 6) is 0.425. The topological polar surface area (TPSA) is 34.6 Å². The minimum absolute atomic E-state index is 0.121. The number of hydrogen-bond acceptors (Lipinski definition) is 2. The molecule has 4 aromatic heterocycles. The summed E-state index contributed by atoms with van der Waals surface area (Å²) >= 11 is 0. The van der Waals surface area contributed by atoms with Crippen LogP contribution in [0.3, 0.4) is 0 Å². The molecular formula is C21H24N4. The van der Waals surface area contributed by atoms with E-state index in [0.717, 1.165) is 28.2 Å². The number of rotatable bonds is 2. The van der Waals surface area contributed by atoms with Gasteiger partial charge in [0.15, 0.2) is 0 Å². The fourth-order valence-corrected chi connectivity index (χ4v) is 3.03. The predicted molar refractivity (Wildman–Crippen MR) is 102 cm³/mol. The van der Waals surface area contributed by atoms with E-state index in [1.807, 2.05) is 0 Å². The quantitative estimate of drug-likeness (QED) is 0.513. The Balaban J connectivity index is 1.79. The molecule has 0 N–H and O–H groups in total. The predicted octanol–water partition coefficient (Wildman–Crippen LogP) is 5.07. The minimum Gasteiger partial charge on any atom is -0.307 e. The van der Waals surface area contributed by atoms with E-state index < -0.39 is 0 Å². The Bertz CT molecular complexity index is 1060. The minimum atomic E-state index is 0.121. The van der Waals surface area contributed by atoms with Crippen LogP contribution in [0, 0.1) is 0 Å². The highest BCUT2D eigenvalue weighted by Crippen LogP contribution is 2.26. The second-order valence-electron chi connectivity index (χ2n) is 8.06. The molecule has 0 saturated heterocycles. The van der Waals surface area contributed by atoms with E-state index in [0.29, 0.717) is 5.92 Å². The van der Waals surface area contributed by atoms with Gasteiger partial charge in [0.2, 0.25) is 0 Å². The third-order valence-electron chi connectivity index (χ3n) is 4.69. The zero-order valence-electron chi connectivity index (χ0n) is 15.5. The van der Waals surface area contributed by atoms with Crippen LogP contribution in [-0.4, -0.2) is 18.8 Å². The van der Waals surface area contributed by atoms with Crippen molar-refractivity contribution in [3.63, 3.8) is 0 Å². The average Bonchev–Trinajstić information content (AvgIpc) is 3.16. The van der Waals surface area contributed by atoms with Gasteiger partial charge in [-0.25, -0.2) is 9.97 Å². The van der Waals surface area contributed by atoms with E-state index in [1.165, 1.54) is 5.56 Å². The Hall–Kier alpha value is -2.62. The van der Waals surface area contributed by atoms with Gasteiger partial charge in [-0.1, -0.05) is 34.6 Å². The van der Waals surface area contributed by atoms with Crippen LogP contribution >= 0.6 is 0 Å². The highest BCUT2D eigenvalue weighted by molar-refractivity contribution is 5.67. The number of fused-ring (bicyclic) bond motifs is 2. The smallest absolute Gasteiger partial charge is 0.137 e. The molecule has 0 spiro atoms. The highest BCUT2D eigenvalue weighted by Gasteiger charge is 2.15. The molecule has 0 aliphatic heterocycles. The summed E-state index contributed by atoms with van der Waals surface area (Å²) < 4.78 is 4.16. The number of hydrogen-bond donors (Lipinski definition) is 0. The highest BCUT2D eigenvalue weighted by atomic mass is 15.0. The molecule has 0 amide bonds. The number of nitrogens with zero attached hydrogens (tertiary/aromatic N) is 4. The molecule has 0 saturated carbocycles. The Kier molecular flexibility index (Phi) is 3.46. The van der Waals surface area contributed by atoms with E-state index in [-0.39, 0.29) is 5.41 Å². The largest absolute Gasteiger partial charge is 0.307 e. The Morgan fingerprint density at radius 1 is 0.880 bits per heavy atom. The SMILES string of the molecule is CC(C)c1cn2ccc(-c3cn4ccc(C(C)(C)C)cc4n3)cc2n1. The molecule has 0 bridgehead atoms. The second-order valence-corrected chi connectivity index (χ2v) is 8.06. The van der Waals surface area contributed by atoms with E-state index in [9.17, 15) is 0 Å². The number of pyridine rings is 2. The third-order valence-corrected chi connectivity index (χ3v) is 4.69. The lowest BCUT2D eigenvalue weighted by Gasteiger charge is -2.18. The van der Waals surface area contributed by atoms with E-state index in [2.05, 4.69) is 92.5 Å². The van der Waals surface area contributed by atoms with Gasteiger partial charge in [0.25, 0.3) is 0 Å². The van der Waals surface area contributed by atoms with Crippen LogP contribution in [0.15, 0.2) is 49.1 Å². The monoisotopic (exact) mass is 332 g/mol. The molecule has 0 aliphatic rings. The number of imidazole rings is 2. The van der Waals surface area contributed by atoms with Crippen molar-refractivity contribution in [2.24, 2.45) is 0 Å². The molecule has 0 unspecified atom stereocenters. The fraction of sp³-hybridized carbons (Fsp3) is 0.333. The summed E-state index contributed by atoms with van der Waals surface area (Å²) in [7, 11) is 0. The molecule has 25 heavy (non-hydrogen) atoms. The van der Waals surface area contributed by atoms with Crippen LogP contribution in [0.5, 0.6) is 0 Å². The van der Waals surface area contributed by atoms with Gasteiger partial charge in [0.05, 0.1) is 11.4 Å². The van der Waals surface area contributed by atoms with Crippen LogP contribution in [-0.2, 0) is 5.41 Å². The molecule has 4 nitrogen and oxygen atoms in total. The maximum absolute atomic E-state index is 4.83. The molecule has 0 aliphatic carbocycles. The molecule has 4 heteroatoms. The van der Waals surface area contributed by atoms with Crippen molar-refractivity contribution in [3.8, 4) is 11.3 Å². The molecule has 4 rings (SSSR count). The van der Waals surface area contributed by atoms with E-state index in [4.69, 9.17) is 9.97 Å². The Labute approximate surface area is 148 Å². The van der Waals surface area contributed by atoms with Crippen LogP contribution < -0.4 is 0 Å². The van der Waals surface area contributed by atoms with Crippen molar-refractivity contribution >= 4 is 11.3 Å². The van der Waals surface area contributed by atoms with Gasteiger partial charge >= 0.3 is 0 Å². The van der Waals surface area contributed by atoms with Gasteiger partial charge in [0.1, 0.15) is 11.3 Å². The van der Waals surface area contributed by atoms with Crippen molar-refractivity contribution in [2.75, 3.05) is 0 Å². The standard InChI is InChI=1S/C21H24N4/c1-14(2)17-12-24-8-6-15(10-19(24)22-17)18-13-25-9-7-16(21(3,4)5)11-20(25)23-18/h6-14H,1-5H3. The summed E-state index contributed by atoms with van der Waals surface area (Å²) in [6, 6.07) is 8.56. The zero-order valence-corrected chi connectivity index (χ0v) is 15.5. The molecule has 0 atom stereocenters. The van der Waals surface area contributed by atoms with Crippen LogP contribution in [0.25, 0.3) is 22.6 Å². The lowest BCUT2D eigenvalue weighted by Crippen LogP contribution is -2.11. The normalized spacial score (nSPS) is 12.6. The van der Waals surface area contributed by atoms with Gasteiger partial charge in [-0.3, -0.25) is 0 Å². The summed E-state index contributed by atoms with van der Waals surface area (Å²) in [6.45, 7) is 11.0. The lowest BCUT2D eigenvalue weighted by molar-refractivity contribution is 0.589. The van der Waals surface area contributed by atoms with E-state index in [1.54, 1.807) is 0 Å². The fourth-order valence-electron chi connectivity index (χ4n) is 3.03. The van der Waals surface area contributed by atoms with Crippen molar-refractivity contribution < 1.29 is 0 Å². The maximum Gasteiger partial charge on any atom is 0.137 e. The lowest BCUT2D eigenvalue weighted by atomic mass is 9.88. The van der Waals surface area contributed by atoms with Crippen molar-refractivity contribution in [2.45, 2.75) is 46.0 Å². The third kappa shape index (κ3) is 2.82. The first-order valence-electron chi connectivity index (χ1n) is 8.79. The molecule has 0 radical (unpaired) electrons. The van der Waals surface area contributed by atoms with Crippen LogP contribution in [0.1, 0.15) is 51.8 Å². The molecule has 128 valence electrons. The van der Waals surface area contributed by atoms with Gasteiger partial charge in [-0.05, 0) is 41.2 Å². The molecule has 4 heterocycles. The zero-order chi connectivity index (χ0) is 17.8. The van der Waals surface area contributed by atoms with E-state index >= 15 is 0 Å². The summed E-state index contributed by atoms with van der Waals surface area (Å²) in [6.07, 6.45) is 8.34. The van der Waals surface area contributed by atoms with Crippen LogP contribution in [0.4, 0.5) is 0 Å². The van der Waals surface area contributed by atoms with Gasteiger partial charge < -0.3 is 8.80 Å². The summed E-state index contributed by atoms with van der Waals surface area (Å²) in [4.78, 5) is 9.56. The van der Waals surface area contributed by atoms with Crippen molar-refractivity contribution in [1.82, 2.24) is 18.8 Å². The van der Waals surface area contributed by atoms with Crippen LogP contribution in [0.2, 0.25) is 0 Å². The van der Waals surface area contributed by atoms with Gasteiger partial charge in [-0.2, -0.15) is 0 Å². The van der Waals surface area contributed by atoms with Crippen molar-refractivity contribution in [1.29, 1.82) is 0 Å². The Morgan fingerprint density at radius 2 is 1.56 bits per heavy atom. The summed E-state index contributed by atoms with van der Waals surface area (Å²) in [5.41, 5.74) is 6.54. The second kappa shape index (κ2) is 5.45. The molecule has 4 aromatic rings. The summed E-state index contributed by atoms with van der Waals surface area (Å²) in [5, 5.41) is 0. The molecule has 0 fully saturated rings.